The van der Waals surface area contributed by atoms with Crippen molar-refractivity contribution < 1.29 is 5.11 Å². The quantitative estimate of drug-likeness (QED) is 0.494. The minimum absolute atomic E-state index is 0.458. The number of aliphatic hydroxyl groups excluding tert-OH is 1. The largest absolute Gasteiger partial charge is 0.381 e. The molecular formula is C11H20O. The van der Waals surface area contributed by atoms with E-state index in [9.17, 15) is 0 Å². The lowest BCUT2D eigenvalue weighted by atomic mass is 10.1. The number of aliphatic hydroxyl groups is 1. The second-order valence-electron chi connectivity index (χ2n) is 3.16. The highest BCUT2D eigenvalue weighted by Gasteiger charge is 1.86. The third-order valence-electron chi connectivity index (χ3n) is 1.72. The zero-order chi connectivity index (χ0) is 9.23. The lowest BCUT2D eigenvalue weighted by Crippen LogP contribution is -1.92. The Hall–Kier alpha value is -0.480. The molecule has 0 aliphatic carbocycles. The van der Waals surface area contributed by atoms with Gasteiger partial charge in [-0.2, -0.15) is 0 Å². The van der Waals surface area contributed by atoms with Crippen molar-refractivity contribution in [3.63, 3.8) is 0 Å². The molecule has 12 heavy (non-hydrogen) atoms. The number of hydrogen-bond donors (Lipinski definition) is 1. The van der Waals surface area contributed by atoms with Crippen molar-refractivity contribution in [1.82, 2.24) is 0 Å². The van der Waals surface area contributed by atoms with Crippen LogP contribution in [0.1, 0.15) is 52.4 Å². The Morgan fingerprint density at radius 1 is 1.17 bits per heavy atom. The Balaban J connectivity index is 3.07. The molecule has 0 fully saturated rings. The topological polar surface area (TPSA) is 20.2 Å². The van der Waals surface area contributed by atoms with Crippen molar-refractivity contribution in [2.45, 2.75) is 58.5 Å². The van der Waals surface area contributed by atoms with Crippen LogP contribution >= 0.6 is 0 Å². The molecule has 0 spiro atoms. The van der Waals surface area contributed by atoms with Crippen molar-refractivity contribution in [3.05, 3.63) is 0 Å². The van der Waals surface area contributed by atoms with E-state index in [2.05, 4.69) is 18.8 Å². The van der Waals surface area contributed by atoms with Crippen LogP contribution in [-0.4, -0.2) is 11.2 Å². The molecule has 0 rings (SSSR count). The molecule has 0 radical (unpaired) electrons. The molecule has 1 atom stereocenters. The van der Waals surface area contributed by atoms with Gasteiger partial charge in [-0.1, -0.05) is 38.5 Å². The van der Waals surface area contributed by atoms with Gasteiger partial charge in [-0.3, -0.25) is 0 Å². The molecule has 0 unspecified atom stereocenters. The molecule has 0 aromatic heterocycles. The van der Waals surface area contributed by atoms with E-state index >= 15 is 0 Å². The predicted molar refractivity (Wildman–Crippen MR) is 52.8 cm³/mol. The van der Waals surface area contributed by atoms with Crippen molar-refractivity contribution in [2.24, 2.45) is 0 Å². The first-order valence-corrected chi connectivity index (χ1v) is 4.93. The van der Waals surface area contributed by atoms with Crippen molar-refractivity contribution in [2.75, 3.05) is 0 Å². The molecule has 0 saturated heterocycles. The van der Waals surface area contributed by atoms with Gasteiger partial charge in [0, 0.05) is 6.42 Å². The molecule has 0 heterocycles. The van der Waals surface area contributed by atoms with E-state index in [1.165, 1.54) is 32.1 Å². The fourth-order valence-electron chi connectivity index (χ4n) is 1.04. The summed E-state index contributed by atoms with van der Waals surface area (Å²) in [7, 11) is 0. The molecular weight excluding hydrogens is 148 g/mol. The molecule has 0 aliphatic rings. The van der Waals surface area contributed by atoms with Crippen molar-refractivity contribution >= 4 is 0 Å². The maximum absolute atomic E-state index is 8.82. The first-order valence-electron chi connectivity index (χ1n) is 4.93. The third-order valence-corrected chi connectivity index (χ3v) is 1.72. The first kappa shape index (κ1) is 11.5. The van der Waals surface area contributed by atoms with Gasteiger partial charge >= 0.3 is 0 Å². The van der Waals surface area contributed by atoms with Gasteiger partial charge in [0.05, 0.1) is 0 Å². The van der Waals surface area contributed by atoms with Gasteiger partial charge in [-0.15, -0.1) is 5.92 Å². The number of rotatable bonds is 5. The van der Waals surface area contributed by atoms with Gasteiger partial charge in [0.1, 0.15) is 6.10 Å². The van der Waals surface area contributed by atoms with E-state index in [4.69, 9.17) is 5.11 Å². The average molecular weight is 168 g/mol. The van der Waals surface area contributed by atoms with Crippen LogP contribution in [0.25, 0.3) is 0 Å². The van der Waals surface area contributed by atoms with Gasteiger partial charge < -0.3 is 5.11 Å². The van der Waals surface area contributed by atoms with Crippen LogP contribution in [0.15, 0.2) is 0 Å². The highest BCUT2D eigenvalue weighted by molar-refractivity contribution is 5.02. The summed E-state index contributed by atoms with van der Waals surface area (Å²) in [5.41, 5.74) is 0. The van der Waals surface area contributed by atoms with Crippen molar-refractivity contribution in [3.8, 4) is 11.8 Å². The van der Waals surface area contributed by atoms with Crippen LogP contribution < -0.4 is 0 Å². The summed E-state index contributed by atoms with van der Waals surface area (Å²) < 4.78 is 0. The molecule has 0 saturated carbocycles. The third kappa shape index (κ3) is 9.52. The molecule has 1 N–H and O–H groups in total. The Morgan fingerprint density at radius 3 is 2.42 bits per heavy atom. The van der Waals surface area contributed by atoms with E-state index in [0.29, 0.717) is 0 Å². The summed E-state index contributed by atoms with van der Waals surface area (Å²) in [6, 6.07) is 0. The van der Waals surface area contributed by atoms with E-state index in [0.717, 1.165) is 6.42 Å². The Bertz CT molecular complexity index is 139. The molecule has 0 aromatic rings. The lowest BCUT2D eigenvalue weighted by molar-refractivity contribution is 0.253. The van der Waals surface area contributed by atoms with Crippen LogP contribution in [0.4, 0.5) is 0 Å². The lowest BCUT2D eigenvalue weighted by Gasteiger charge is -1.94. The zero-order valence-electron chi connectivity index (χ0n) is 8.27. The molecule has 0 bridgehead atoms. The first-order chi connectivity index (χ1) is 5.77. The van der Waals surface area contributed by atoms with Crippen LogP contribution in [0.3, 0.4) is 0 Å². The van der Waals surface area contributed by atoms with Crippen LogP contribution in [0, 0.1) is 11.8 Å². The van der Waals surface area contributed by atoms with E-state index in [1.54, 1.807) is 6.92 Å². The fraction of sp³-hybridized carbons (Fsp3) is 0.818. The number of hydrogen-bond acceptors (Lipinski definition) is 1. The standard InChI is InChI=1S/C11H20O/c1-3-4-5-6-7-8-9-10-11(2)12/h11-12H,3-8H2,1-2H3/t11-/m0/s1. The Kier molecular flexibility index (Phi) is 8.27. The summed E-state index contributed by atoms with van der Waals surface area (Å²) >= 11 is 0. The number of unbranched alkanes of at least 4 members (excludes halogenated alkanes) is 5. The van der Waals surface area contributed by atoms with Gasteiger partial charge in [-0.25, -0.2) is 0 Å². The summed E-state index contributed by atoms with van der Waals surface area (Å²) in [5.74, 6) is 5.70. The monoisotopic (exact) mass is 168 g/mol. The van der Waals surface area contributed by atoms with Gasteiger partial charge in [0.25, 0.3) is 0 Å². The highest BCUT2D eigenvalue weighted by atomic mass is 16.3. The maximum atomic E-state index is 8.82. The Morgan fingerprint density at radius 2 is 1.83 bits per heavy atom. The second-order valence-corrected chi connectivity index (χ2v) is 3.16. The predicted octanol–water partition coefficient (Wildman–Crippen LogP) is 2.73. The van der Waals surface area contributed by atoms with Gasteiger partial charge in [-0.05, 0) is 13.3 Å². The molecule has 0 aliphatic heterocycles. The molecule has 0 amide bonds. The van der Waals surface area contributed by atoms with Crippen molar-refractivity contribution in [1.29, 1.82) is 0 Å². The highest BCUT2D eigenvalue weighted by Crippen LogP contribution is 2.03. The van der Waals surface area contributed by atoms with E-state index < -0.39 is 6.10 Å². The van der Waals surface area contributed by atoms with Gasteiger partial charge in [0.15, 0.2) is 0 Å². The van der Waals surface area contributed by atoms with Crippen LogP contribution in [-0.2, 0) is 0 Å². The minimum atomic E-state index is -0.458. The summed E-state index contributed by atoms with van der Waals surface area (Å²) in [6.45, 7) is 3.91. The van der Waals surface area contributed by atoms with E-state index in [-0.39, 0.29) is 0 Å². The zero-order valence-corrected chi connectivity index (χ0v) is 8.27. The van der Waals surface area contributed by atoms with Gasteiger partial charge in [0.2, 0.25) is 0 Å². The SMILES string of the molecule is CCCCCCCC#C[C@H](C)O. The molecule has 70 valence electrons. The summed E-state index contributed by atoms with van der Waals surface area (Å²) in [6.07, 6.45) is 6.90. The maximum Gasteiger partial charge on any atom is 0.111 e. The smallest absolute Gasteiger partial charge is 0.111 e. The van der Waals surface area contributed by atoms with E-state index in [1.807, 2.05) is 0 Å². The summed E-state index contributed by atoms with van der Waals surface area (Å²) in [4.78, 5) is 0. The molecule has 0 aromatic carbocycles. The molecule has 1 nitrogen and oxygen atoms in total. The minimum Gasteiger partial charge on any atom is -0.381 e. The summed E-state index contributed by atoms with van der Waals surface area (Å²) in [5, 5.41) is 8.82. The van der Waals surface area contributed by atoms with Crippen LogP contribution in [0.5, 0.6) is 0 Å². The fourth-order valence-corrected chi connectivity index (χ4v) is 1.04. The Labute approximate surface area is 76.2 Å². The average Bonchev–Trinajstić information content (AvgIpc) is 2.02. The second kappa shape index (κ2) is 8.62. The molecule has 1 heteroatoms. The normalized spacial score (nSPS) is 11.9. The van der Waals surface area contributed by atoms with Crippen LogP contribution in [0.2, 0.25) is 0 Å².